The van der Waals surface area contributed by atoms with Gasteiger partial charge in [-0.25, -0.2) is 11.1 Å². The van der Waals surface area contributed by atoms with E-state index in [9.17, 15) is 0 Å². The van der Waals surface area contributed by atoms with E-state index in [1.54, 1.807) is 0 Å². The highest BCUT2D eigenvalue weighted by Gasteiger charge is 2.12. The molecule has 0 aromatic heterocycles. The van der Waals surface area contributed by atoms with Crippen LogP contribution >= 0.6 is 23.5 Å². The van der Waals surface area contributed by atoms with Crippen molar-refractivity contribution in [2.45, 2.75) is 26.2 Å². The number of nitrogens with one attached hydrogen (secondary N) is 2. The van der Waals surface area contributed by atoms with E-state index in [4.69, 9.17) is 22.7 Å². The van der Waals surface area contributed by atoms with Crippen LogP contribution in [0.3, 0.4) is 0 Å². The molecule has 0 unspecified atom stereocenters. The molecule has 0 rings (SSSR count). The summed E-state index contributed by atoms with van der Waals surface area (Å²) < 4.78 is 0. The topological polar surface area (TPSA) is 149 Å². The fourth-order valence-corrected chi connectivity index (χ4v) is 3.06. The number of nitrogens with zero attached hydrogens (tertiary/aromatic N) is 4. The van der Waals surface area contributed by atoms with Gasteiger partial charge in [0, 0.05) is 11.5 Å². The quantitative estimate of drug-likeness (QED) is 0.188. The Morgan fingerprint density at radius 2 is 1.53 bits per heavy atom. The lowest BCUT2D eigenvalue weighted by Gasteiger charge is -2.14. The summed E-state index contributed by atoms with van der Waals surface area (Å²) >= 11 is 2.71. The smallest absolute Gasteiger partial charge is 0.226 e. The van der Waals surface area contributed by atoms with E-state index < -0.39 is 0 Å². The first-order valence-electron chi connectivity index (χ1n) is 5.78. The first-order valence-corrected chi connectivity index (χ1v) is 7.75. The van der Waals surface area contributed by atoms with Gasteiger partial charge in [0.1, 0.15) is 0 Å². The maximum Gasteiger partial charge on any atom is 0.226 e. The van der Waals surface area contributed by atoms with Gasteiger partial charge in [-0.15, -0.1) is 10.2 Å². The van der Waals surface area contributed by atoms with Crippen LogP contribution in [0.2, 0.25) is 0 Å². The Morgan fingerprint density at radius 1 is 1.05 bits per heavy atom. The van der Waals surface area contributed by atoms with E-state index in [0.717, 1.165) is 30.8 Å². The highest BCUT2D eigenvalue weighted by atomic mass is 32.2. The lowest BCUT2D eigenvalue weighted by atomic mass is 10.1. The zero-order chi connectivity index (χ0) is 14.5. The Morgan fingerprint density at radius 3 is 1.84 bits per heavy atom. The van der Waals surface area contributed by atoms with Crippen LogP contribution in [0.15, 0.2) is 20.4 Å². The standard InChI is InChI=1S/C9H20N8S2/c1-2-3-4-7(5-18-8(14-10)15-11)6-19-9(16-12)17-13/h7,10,12H,2-6,11,13H2,1H3. The molecule has 0 radical (unpaired) electrons. The van der Waals surface area contributed by atoms with Crippen molar-refractivity contribution in [1.29, 1.82) is 11.1 Å². The van der Waals surface area contributed by atoms with Crippen molar-refractivity contribution in [3.63, 3.8) is 0 Å². The van der Waals surface area contributed by atoms with Crippen LogP contribution in [0, 0.1) is 17.0 Å². The van der Waals surface area contributed by atoms with Crippen molar-refractivity contribution in [3.8, 4) is 0 Å². The van der Waals surface area contributed by atoms with Gasteiger partial charge in [0.05, 0.1) is 0 Å². The second-order valence-electron chi connectivity index (χ2n) is 3.68. The monoisotopic (exact) mass is 304 g/mol. The normalized spacial score (nSPS) is 14.2. The van der Waals surface area contributed by atoms with Crippen molar-refractivity contribution in [2.24, 2.45) is 38.0 Å². The van der Waals surface area contributed by atoms with Gasteiger partial charge in [-0.2, -0.15) is 10.2 Å². The summed E-state index contributed by atoms with van der Waals surface area (Å²) in [5.74, 6) is 12.1. The maximum absolute atomic E-state index is 6.88. The zero-order valence-electron chi connectivity index (χ0n) is 10.9. The van der Waals surface area contributed by atoms with Gasteiger partial charge < -0.3 is 11.7 Å². The number of thioether (sulfide) groups is 2. The van der Waals surface area contributed by atoms with E-state index in [1.807, 2.05) is 0 Å². The first-order chi connectivity index (χ1) is 9.21. The number of nitrogens with two attached hydrogens (primary N) is 2. The third-order valence-corrected chi connectivity index (χ3v) is 4.46. The maximum atomic E-state index is 6.88. The van der Waals surface area contributed by atoms with Gasteiger partial charge in [-0.3, -0.25) is 0 Å². The Kier molecular flexibility index (Phi) is 11.2. The molecule has 6 N–H and O–H groups in total. The lowest BCUT2D eigenvalue weighted by Crippen LogP contribution is -2.11. The molecule has 8 nitrogen and oxygen atoms in total. The van der Waals surface area contributed by atoms with Crippen LogP contribution in [-0.4, -0.2) is 21.8 Å². The van der Waals surface area contributed by atoms with Crippen molar-refractivity contribution in [2.75, 3.05) is 11.5 Å². The van der Waals surface area contributed by atoms with Crippen LogP contribution in [0.1, 0.15) is 26.2 Å². The van der Waals surface area contributed by atoms with E-state index in [-0.39, 0.29) is 10.3 Å². The fraction of sp³-hybridized carbons (Fsp3) is 0.778. The van der Waals surface area contributed by atoms with Gasteiger partial charge >= 0.3 is 0 Å². The highest BCUT2D eigenvalue weighted by molar-refractivity contribution is 8.14. The van der Waals surface area contributed by atoms with Crippen molar-refractivity contribution in [1.82, 2.24) is 0 Å². The third kappa shape index (κ3) is 8.54. The highest BCUT2D eigenvalue weighted by Crippen LogP contribution is 2.22. The zero-order valence-corrected chi connectivity index (χ0v) is 12.5. The minimum atomic E-state index is 0.268. The van der Waals surface area contributed by atoms with Crippen molar-refractivity contribution >= 4 is 33.9 Å². The molecule has 0 aromatic carbocycles. The molecule has 108 valence electrons. The summed E-state index contributed by atoms with van der Waals surface area (Å²) in [5.41, 5.74) is 13.8. The van der Waals surface area contributed by atoms with Crippen LogP contribution < -0.4 is 11.7 Å². The Balaban J connectivity index is 4.29. The summed E-state index contributed by atoms with van der Waals surface area (Å²) in [5, 5.41) is 13.8. The Hall–Kier alpha value is -1.16. The number of hydrogen-bond acceptors (Lipinski definition) is 8. The molecule has 0 bridgehead atoms. The largest absolute Gasteiger partial charge is 0.321 e. The van der Waals surface area contributed by atoms with Crippen LogP contribution in [0.25, 0.3) is 0 Å². The third-order valence-electron chi connectivity index (χ3n) is 2.27. The van der Waals surface area contributed by atoms with Crippen LogP contribution in [0.5, 0.6) is 0 Å². The van der Waals surface area contributed by atoms with Gasteiger partial charge in [0.2, 0.25) is 10.3 Å². The van der Waals surface area contributed by atoms with E-state index in [1.165, 1.54) is 23.5 Å². The predicted octanol–water partition coefficient (Wildman–Crippen LogP) is 2.78. The van der Waals surface area contributed by atoms with Crippen molar-refractivity contribution in [3.05, 3.63) is 0 Å². The first kappa shape index (κ1) is 17.8. The average Bonchev–Trinajstić information content (AvgIpc) is 2.45. The van der Waals surface area contributed by atoms with Gasteiger partial charge in [0.25, 0.3) is 0 Å². The molecular weight excluding hydrogens is 284 g/mol. The molecular formula is C9H20N8S2. The second kappa shape index (κ2) is 11.9. The van der Waals surface area contributed by atoms with Crippen molar-refractivity contribution < 1.29 is 0 Å². The second-order valence-corrected chi connectivity index (χ2v) is 5.65. The number of hydrogen-bond donors (Lipinski definition) is 4. The molecule has 0 spiro atoms. The molecule has 0 aliphatic rings. The molecule has 0 aromatic rings. The van der Waals surface area contributed by atoms with Crippen LogP contribution in [-0.2, 0) is 0 Å². The molecule has 0 atom stereocenters. The van der Waals surface area contributed by atoms with Gasteiger partial charge in [0.15, 0.2) is 0 Å². The summed E-state index contributed by atoms with van der Waals surface area (Å²) in [6, 6.07) is 0. The van der Waals surface area contributed by atoms with E-state index in [0.29, 0.717) is 5.92 Å². The minimum Gasteiger partial charge on any atom is -0.321 e. The molecule has 10 heteroatoms. The molecule has 0 aliphatic carbocycles. The molecule has 0 amide bonds. The average molecular weight is 304 g/mol. The number of amidine groups is 2. The number of rotatable bonds is 7. The molecule has 0 saturated carbocycles. The summed E-state index contributed by atoms with van der Waals surface area (Å²) in [6.45, 7) is 2.13. The predicted molar refractivity (Wildman–Crippen MR) is 81.5 cm³/mol. The van der Waals surface area contributed by atoms with E-state index >= 15 is 0 Å². The van der Waals surface area contributed by atoms with E-state index in [2.05, 4.69) is 27.4 Å². The molecule has 0 saturated heterocycles. The minimum absolute atomic E-state index is 0.268. The van der Waals surface area contributed by atoms with Gasteiger partial charge in [-0.05, 0) is 12.3 Å². The SMILES string of the molecule is CCCCC(CSC(N=N)=NN)CSC(N=N)=NN. The summed E-state index contributed by atoms with van der Waals surface area (Å²) in [6.07, 6.45) is 3.28. The number of unbranched alkanes of at least 4 members (excludes halogenated alkanes) is 1. The Labute approximate surface area is 121 Å². The summed E-state index contributed by atoms with van der Waals surface area (Å²) in [4.78, 5) is 0. The van der Waals surface area contributed by atoms with Crippen LogP contribution in [0.4, 0.5) is 0 Å². The molecule has 0 aliphatic heterocycles. The molecule has 0 heterocycles. The molecule has 0 fully saturated rings. The molecule has 19 heavy (non-hydrogen) atoms. The summed E-state index contributed by atoms with van der Waals surface area (Å²) in [7, 11) is 0. The Bertz CT molecular complexity index is 302. The van der Waals surface area contributed by atoms with Gasteiger partial charge in [-0.1, -0.05) is 43.3 Å². The fourth-order valence-electron chi connectivity index (χ4n) is 1.29. The number of hydrazone groups is 2. The lowest BCUT2D eigenvalue weighted by molar-refractivity contribution is 0.566.